The van der Waals surface area contributed by atoms with Gasteiger partial charge in [0.05, 0.1) is 0 Å². The Hall–Kier alpha value is -1.47. The van der Waals surface area contributed by atoms with Gasteiger partial charge in [-0.05, 0) is 35.2 Å². The maximum Gasteiger partial charge on any atom is 0.295 e. The highest BCUT2D eigenvalue weighted by molar-refractivity contribution is 7.86. The first-order valence-corrected chi connectivity index (χ1v) is 8.07. The zero-order valence-corrected chi connectivity index (χ0v) is 12.5. The van der Waals surface area contributed by atoms with Crippen molar-refractivity contribution in [3.8, 4) is 11.1 Å². The summed E-state index contributed by atoms with van der Waals surface area (Å²) in [7, 11) is -4.35. The summed E-state index contributed by atoms with van der Waals surface area (Å²) in [6.07, 6.45) is 0.306. The van der Waals surface area contributed by atoms with Crippen LogP contribution in [0, 0.1) is 0 Å². The molecule has 0 aliphatic heterocycles. The molecule has 1 unspecified atom stereocenters. The molecule has 2 aliphatic carbocycles. The largest absolute Gasteiger partial charge is 0.396 e. The quantitative estimate of drug-likeness (QED) is 0.730. The number of rotatable bonds is 5. The van der Waals surface area contributed by atoms with Crippen LogP contribution in [0.5, 0.6) is 0 Å². The van der Waals surface area contributed by atoms with E-state index in [0.29, 0.717) is 23.1 Å². The van der Waals surface area contributed by atoms with E-state index in [9.17, 15) is 18.1 Å². The number of aliphatic hydroxyl groups excluding tert-OH is 2. The molecule has 0 radical (unpaired) electrons. The molecular formula is C15H18O5S. The van der Waals surface area contributed by atoms with Crippen molar-refractivity contribution in [2.75, 3.05) is 13.2 Å². The molecule has 0 saturated heterocycles. The predicted molar refractivity (Wildman–Crippen MR) is 79.2 cm³/mol. The number of hydrogen-bond donors (Lipinski definition) is 3. The van der Waals surface area contributed by atoms with Gasteiger partial charge in [-0.3, -0.25) is 4.55 Å². The van der Waals surface area contributed by atoms with Crippen LogP contribution in [-0.2, 0) is 16.5 Å². The molecule has 5 nitrogen and oxygen atoms in total. The molecule has 114 valence electrons. The predicted octanol–water partition coefficient (Wildman–Crippen LogP) is 1.67. The second-order valence-corrected chi connectivity index (χ2v) is 6.45. The van der Waals surface area contributed by atoms with Gasteiger partial charge in [0.25, 0.3) is 10.1 Å². The van der Waals surface area contributed by atoms with E-state index in [1.54, 1.807) is 24.3 Å². The molecular weight excluding hydrogens is 292 g/mol. The molecule has 2 rings (SSSR count). The SMILES string of the molecule is CC(CO)c1cccc2c(CCO)cc(S(=O)(=O)O)c-2c1. The highest BCUT2D eigenvalue weighted by atomic mass is 32.2. The van der Waals surface area contributed by atoms with Crippen LogP contribution >= 0.6 is 0 Å². The molecule has 6 heteroatoms. The molecule has 21 heavy (non-hydrogen) atoms. The summed E-state index contributed by atoms with van der Waals surface area (Å²) in [6.45, 7) is 1.66. The van der Waals surface area contributed by atoms with Gasteiger partial charge >= 0.3 is 0 Å². The van der Waals surface area contributed by atoms with Gasteiger partial charge in [-0.15, -0.1) is 0 Å². The van der Waals surface area contributed by atoms with Crippen molar-refractivity contribution in [2.45, 2.75) is 24.2 Å². The van der Waals surface area contributed by atoms with E-state index in [2.05, 4.69) is 0 Å². The number of aliphatic hydroxyl groups is 2. The van der Waals surface area contributed by atoms with Crippen molar-refractivity contribution in [3.63, 3.8) is 0 Å². The fraction of sp³-hybridized carbons (Fsp3) is 0.333. The summed E-state index contributed by atoms with van der Waals surface area (Å²) in [5.74, 6) is -0.147. The Bertz CT molecular complexity index is 708. The minimum atomic E-state index is -4.35. The van der Waals surface area contributed by atoms with Gasteiger partial charge in [0.2, 0.25) is 0 Å². The summed E-state index contributed by atoms with van der Waals surface area (Å²) >= 11 is 0. The third-order valence-electron chi connectivity index (χ3n) is 3.57. The van der Waals surface area contributed by atoms with Crippen LogP contribution in [0.25, 0.3) is 11.1 Å². The van der Waals surface area contributed by atoms with Gasteiger partial charge in [0.1, 0.15) is 4.90 Å². The summed E-state index contributed by atoms with van der Waals surface area (Å²) in [5, 5.41) is 18.3. The molecule has 1 atom stereocenters. The van der Waals surface area contributed by atoms with Crippen molar-refractivity contribution < 1.29 is 23.2 Å². The standard InChI is InChI=1S/C15H18O5S/c1-10(9-17)11-3-2-4-13-12(5-6-16)8-15(14(13)7-11)21(18,19)20/h2-4,7-8,10,16-17H,5-6,9H2,1H3,(H,18,19,20). The lowest BCUT2D eigenvalue weighted by Gasteiger charge is -2.07. The van der Waals surface area contributed by atoms with E-state index in [4.69, 9.17) is 5.11 Å². The Morgan fingerprint density at radius 2 is 1.86 bits per heavy atom. The fourth-order valence-electron chi connectivity index (χ4n) is 2.39. The summed E-state index contributed by atoms with van der Waals surface area (Å²) in [6, 6.07) is 8.39. The molecule has 0 spiro atoms. The Morgan fingerprint density at radius 3 is 2.43 bits per heavy atom. The van der Waals surface area contributed by atoms with E-state index >= 15 is 0 Å². The van der Waals surface area contributed by atoms with E-state index in [0.717, 1.165) is 5.56 Å². The van der Waals surface area contributed by atoms with Crippen molar-refractivity contribution in [1.29, 1.82) is 0 Å². The second kappa shape index (κ2) is 6.11. The lowest BCUT2D eigenvalue weighted by molar-refractivity contribution is 0.273. The Balaban J connectivity index is 2.72. The van der Waals surface area contributed by atoms with Gasteiger partial charge in [0, 0.05) is 24.7 Å². The smallest absolute Gasteiger partial charge is 0.295 e. The molecule has 0 aromatic heterocycles. The van der Waals surface area contributed by atoms with Crippen LogP contribution < -0.4 is 0 Å². The normalized spacial score (nSPS) is 13.5. The first kappa shape index (κ1) is 15.9. The fourth-order valence-corrected chi connectivity index (χ4v) is 3.13. The average molecular weight is 310 g/mol. The van der Waals surface area contributed by atoms with Gasteiger partial charge in [-0.1, -0.05) is 25.1 Å². The minimum Gasteiger partial charge on any atom is -0.396 e. The molecule has 0 amide bonds. The first-order valence-electron chi connectivity index (χ1n) is 6.63. The van der Waals surface area contributed by atoms with Crippen LogP contribution in [0.1, 0.15) is 24.0 Å². The topological polar surface area (TPSA) is 94.8 Å². The van der Waals surface area contributed by atoms with Crippen LogP contribution in [0.3, 0.4) is 0 Å². The van der Waals surface area contributed by atoms with E-state index in [-0.39, 0.29) is 24.0 Å². The molecule has 0 aromatic rings. The van der Waals surface area contributed by atoms with E-state index in [1.165, 1.54) is 6.07 Å². The average Bonchev–Trinajstić information content (AvgIpc) is 2.63. The third kappa shape index (κ3) is 3.24. The zero-order valence-electron chi connectivity index (χ0n) is 11.7. The molecule has 0 fully saturated rings. The maximum absolute atomic E-state index is 11.6. The van der Waals surface area contributed by atoms with Crippen LogP contribution in [0.4, 0.5) is 0 Å². The highest BCUT2D eigenvalue weighted by Crippen LogP contribution is 2.36. The van der Waals surface area contributed by atoms with Crippen molar-refractivity contribution >= 4 is 10.1 Å². The molecule has 0 bridgehead atoms. The molecule has 0 aromatic carbocycles. The molecule has 0 heterocycles. The second-order valence-electron chi connectivity index (χ2n) is 5.06. The Kier molecular flexibility index (Phi) is 4.63. The van der Waals surface area contributed by atoms with Crippen LogP contribution in [0.15, 0.2) is 35.2 Å². The van der Waals surface area contributed by atoms with E-state index in [1.807, 2.05) is 6.92 Å². The van der Waals surface area contributed by atoms with Crippen molar-refractivity contribution in [2.24, 2.45) is 0 Å². The van der Waals surface area contributed by atoms with Crippen LogP contribution in [-0.4, -0.2) is 36.4 Å². The first-order chi connectivity index (χ1) is 9.88. The lowest BCUT2D eigenvalue weighted by atomic mass is 10.0. The Morgan fingerprint density at radius 1 is 1.14 bits per heavy atom. The van der Waals surface area contributed by atoms with E-state index < -0.39 is 10.1 Å². The lowest BCUT2D eigenvalue weighted by Crippen LogP contribution is -1.99. The maximum atomic E-state index is 11.6. The van der Waals surface area contributed by atoms with Gasteiger partial charge in [0.15, 0.2) is 0 Å². The van der Waals surface area contributed by atoms with Crippen molar-refractivity contribution in [1.82, 2.24) is 0 Å². The highest BCUT2D eigenvalue weighted by Gasteiger charge is 2.23. The van der Waals surface area contributed by atoms with Crippen molar-refractivity contribution in [3.05, 3.63) is 41.5 Å². The third-order valence-corrected chi connectivity index (χ3v) is 4.47. The summed E-state index contributed by atoms with van der Waals surface area (Å²) < 4.78 is 32.5. The Labute approximate surface area is 124 Å². The number of fused-ring (bicyclic) bond motifs is 1. The van der Waals surface area contributed by atoms with Crippen LogP contribution in [0.2, 0.25) is 0 Å². The van der Waals surface area contributed by atoms with Gasteiger partial charge < -0.3 is 10.2 Å². The molecule has 2 aliphatic rings. The zero-order chi connectivity index (χ0) is 15.6. The summed E-state index contributed by atoms with van der Waals surface area (Å²) in [5.41, 5.74) is 2.52. The molecule has 0 saturated carbocycles. The summed E-state index contributed by atoms with van der Waals surface area (Å²) in [4.78, 5) is -0.163. The monoisotopic (exact) mass is 310 g/mol. The number of hydrogen-bond acceptors (Lipinski definition) is 4. The van der Waals surface area contributed by atoms with Gasteiger partial charge in [-0.2, -0.15) is 8.42 Å². The van der Waals surface area contributed by atoms with Gasteiger partial charge in [-0.25, -0.2) is 0 Å². The minimum absolute atomic E-state index is 0.0586. The molecule has 3 N–H and O–H groups in total.